The molecule has 1 aromatic rings. The van der Waals surface area contributed by atoms with Crippen molar-refractivity contribution in [2.24, 2.45) is 0 Å². The van der Waals surface area contributed by atoms with E-state index in [2.05, 4.69) is 15.9 Å². The van der Waals surface area contributed by atoms with Crippen LogP contribution in [-0.4, -0.2) is 61.7 Å². The van der Waals surface area contributed by atoms with Gasteiger partial charge in [0.1, 0.15) is 36.6 Å². The van der Waals surface area contributed by atoms with Crippen LogP contribution in [0, 0.1) is 0 Å². The molecule has 4 atom stereocenters. The maximum atomic E-state index is 12.9. The summed E-state index contributed by atoms with van der Waals surface area (Å²) in [5.41, 5.74) is 0. The van der Waals surface area contributed by atoms with Crippen molar-refractivity contribution < 1.29 is 36.7 Å². The number of benzene rings is 1. The van der Waals surface area contributed by atoms with E-state index < -0.39 is 58.3 Å². The van der Waals surface area contributed by atoms with Crippen molar-refractivity contribution in [3.63, 3.8) is 0 Å². The molecule has 0 aromatic heterocycles. The van der Waals surface area contributed by atoms with Gasteiger partial charge in [0, 0.05) is 4.47 Å². The molecule has 156 valence electrons. The predicted molar refractivity (Wildman–Crippen MR) is 99.9 cm³/mol. The molecular weight excluding hydrogens is 456 g/mol. The molecule has 0 bridgehead atoms. The van der Waals surface area contributed by atoms with Crippen molar-refractivity contribution in [3.8, 4) is 0 Å². The van der Waals surface area contributed by atoms with Gasteiger partial charge in [0.15, 0.2) is 11.6 Å². The van der Waals surface area contributed by atoms with Crippen LogP contribution in [0.3, 0.4) is 0 Å². The third kappa shape index (κ3) is 3.65. The minimum atomic E-state index is -4.12. The van der Waals surface area contributed by atoms with Gasteiger partial charge in [-0.1, -0.05) is 15.9 Å². The van der Waals surface area contributed by atoms with E-state index in [9.17, 15) is 13.5 Å². The Hall–Kier alpha value is -0.590. The highest BCUT2D eigenvalue weighted by Gasteiger charge is 2.64. The van der Waals surface area contributed by atoms with E-state index in [4.69, 9.17) is 23.1 Å². The van der Waals surface area contributed by atoms with Crippen LogP contribution < -0.4 is 0 Å². The van der Waals surface area contributed by atoms with E-state index in [1.54, 1.807) is 39.8 Å². The monoisotopic (exact) mass is 478 g/mol. The molecule has 0 spiro atoms. The van der Waals surface area contributed by atoms with E-state index >= 15 is 0 Å². The number of aliphatic hydroxyl groups is 1. The number of fused-ring (bicyclic) bond motifs is 2. The maximum Gasteiger partial charge on any atom is 0.297 e. The Bertz CT molecular complexity index is 821. The number of ether oxygens (including phenoxy) is 4. The maximum absolute atomic E-state index is 12.9. The zero-order chi connectivity index (χ0) is 20.5. The topological polar surface area (TPSA) is 101 Å². The largest absolute Gasteiger partial charge is 0.387 e. The molecule has 0 amide bonds. The van der Waals surface area contributed by atoms with E-state index in [1.807, 2.05) is 0 Å². The highest BCUT2D eigenvalue weighted by atomic mass is 79.9. The molecule has 0 unspecified atom stereocenters. The fourth-order valence-corrected chi connectivity index (χ4v) is 5.31. The van der Waals surface area contributed by atoms with E-state index in [0.717, 1.165) is 4.47 Å². The van der Waals surface area contributed by atoms with Gasteiger partial charge in [-0.05, 0) is 52.0 Å². The summed E-state index contributed by atoms with van der Waals surface area (Å²) in [6.45, 7) is 6.78. The van der Waals surface area contributed by atoms with Gasteiger partial charge in [-0.15, -0.1) is 0 Å². The van der Waals surface area contributed by atoms with Crippen LogP contribution in [0.5, 0.6) is 0 Å². The van der Waals surface area contributed by atoms with Gasteiger partial charge in [-0.2, -0.15) is 8.42 Å². The molecule has 3 aliphatic rings. The Labute approximate surface area is 172 Å². The number of hydrogen-bond acceptors (Lipinski definition) is 8. The lowest BCUT2D eigenvalue weighted by Crippen LogP contribution is -2.62. The van der Waals surface area contributed by atoms with Crippen molar-refractivity contribution in [2.75, 3.05) is 0 Å². The SMILES string of the molecule is CC1(C)O[C@@H]2C(O)[C@H]3OC(C)(C)O[C@H]3C(OS(=O)(=O)c3ccc(Br)cc3)[C@@H]2O1. The summed E-state index contributed by atoms with van der Waals surface area (Å²) in [7, 11) is -4.12. The fraction of sp³-hybridized carbons (Fsp3) is 0.667. The molecule has 2 aliphatic heterocycles. The standard InChI is InChI=1S/C18H23BrO8S/c1-17(2)23-12-11(20)13-15(26-18(3,4)24-13)16(14(12)25-17)27-28(21,22)10-7-5-9(19)6-8-10/h5-8,11-16,20H,1-4H3/t11?,12-,13-,14-,15-,16?/m1/s1. The molecule has 28 heavy (non-hydrogen) atoms. The van der Waals surface area contributed by atoms with E-state index in [1.165, 1.54) is 12.1 Å². The van der Waals surface area contributed by atoms with Gasteiger partial charge in [0.05, 0.1) is 4.90 Å². The highest BCUT2D eigenvalue weighted by molar-refractivity contribution is 9.10. The average Bonchev–Trinajstić information content (AvgIpc) is 3.08. The van der Waals surface area contributed by atoms with Gasteiger partial charge >= 0.3 is 0 Å². The second-order valence-electron chi connectivity index (χ2n) is 8.09. The van der Waals surface area contributed by atoms with E-state index in [-0.39, 0.29) is 4.90 Å². The van der Waals surface area contributed by atoms with Crippen molar-refractivity contribution in [2.45, 2.75) is 80.8 Å². The number of rotatable bonds is 3. The van der Waals surface area contributed by atoms with Gasteiger partial charge in [-0.25, -0.2) is 0 Å². The number of aliphatic hydroxyl groups excluding tert-OH is 1. The molecule has 1 aliphatic carbocycles. The Morgan fingerprint density at radius 2 is 1.32 bits per heavy atom. The van der Waals surface area contributed by atoms with Gasteiger partial charge in [0.25, 0.3) is 10.1 Å². The van der Waals surface area contributed by atoms with Crippen LogP contribution in [-0.2, 0) is 33.2 Å². The van der Waals surface area contributed by atoms with Crippen molar-refractivity contribution >= 4 is 26.0 Å². The van der Waals surface area contributed by atoms with Crippen molar-refractivity contribution in [3.05, 3.63) is 28.7 Å². The third-order valence-electron chi connectivity index (χ3n) is 4.99. The van der Waals surface area contributed by atoms with E-state index in [0.29, 0.717) is 0 Å². The first-order valence-electron chi connectivity index (χ1n) is 8.97. The Kier molecular flexibility index (Phi) is 4.95. The summed E-state index contributed by atoms with van der Waals surface area (Å²) in [4.78, 5) is 0.00581. The average molecular weight is 479 g/mol. The second kappa shape index (κ2) is 6.71. The zero-order valence-electron chi connectivity index (χ0n) is 15.9. The quantitative estimate of drug-likeness (QED) is 0.657. The smallest absolute Gasteiger partial charge is 0.297 e. The lowest BCUT2D eigenvalue weighted by molar-refractivity contribution is -0.181. The lowest BCUT2D eigenvalue weighted by Gasteiger charge is -2.39. The lowest BCUT2D eigenvalue weighted by atomic mass is 9.85. The molecule has 1 N–H and O–H groups in total. The summed E-state index contributed by atoms with van der Waals surface area (Å²) in [5, 5.41) is 10.8. The minimum absolute atomic E-state index is 0.00581. The van der Waals surface area contributed by atoms with Gasteiger partial charge in [0.2, 0.25) is 0 Å². The summed E-state index contributed by atoms with van der Waals surface area (Å²) >= 11 is 3.28. The Morgan fingerprint density at radius 3 is 1.79 bits per heavy atom. The Morgan fingerprint density at radius 1 is 0.893 bits per heavy atom. The predicted octanol–water partition coefficient (Wildman–Crippen LogP) is 1.94. The van der Waals surface area contributed by atoms with Gasteiger partial charge < -0.3 is 24.1 Å². The normalized spacial score (nSPS) is 38.8. The van der Waals surface area contributed by atoms with Crippen LogP contribution in [0.4, 0.5) is 0 Å². The molecule has 2 saturated heterocycles. The molecule has 2 heterocycles. The second-order valence-corrected chi connectivity index (χ2v) is 10.6. The molecule has 0 radical (unpaired) electrons. The minimum Gasteiger partial charge on any atom is -0.387 e. The molecule has 3 fully saturated rings. The summed E-state index contributed by atoms with van der Waals surface area (Å²) in [6.07, 6.45) is -5.38. The molecule has 4 rings (SSSR count). The zero-order valence-corrected chi connectivity index (χ0v) is 18.3. The van der Waals surface area contributed by atoms with Crippen LogP contribution in [0.25, 0.3) is 0 Å². The molecular formula is C18H23BrO8S. The molecule has 8 nitrogen and oxygen atoms in total. The first-order valence-corrected chi connectivity index (χ1v) is 11.2. The molecule has 1 aromatic carbocycles. The van der Waals surface area contributed by atoms with Crippen molar-refractivity contribution in [1.82, 2.24) is 0 Å². The van der Waals surface area contributed by atoms with Crippen molar-refractivity contribution in [1.29, 1.82) is 0 Å². The summed E-state index contributed by atoms with van der Waals surface area (Å²) < 4.78 is 55.6. The Balaban J connectivity index is 1.69. The van der Waals surface area contributed by atoms with Gasteiger partial charge in [-0.3, -0.25) is 4.18 Å². The van der Waals surface area contributed by atoms with Crippen LogP contribution in [0.15, 0.2) is 33.6 Å². The van der Waals surface area contributed by atoms with Crippen LogP contribution in [0.1, 0.15) is 27.7 Å². The summed E-state index contributed by atoms with van der Waals surface area (Å²) in [5.74, 6) is -2.01. The molecule has 10 heteroatoms. The number of halogens is 1. The highest BCUT2D eigenvalue weighted by Crippen LogP contribution is 2.45. The summed E-state index contributed by atoms with van der Waals surface area (Å²) in [6, 6.07) is 6.11. The third-order valence-corrected chi connectivity index (χ3v) is 6.84. The molecule has 1 saturated carbocycles. The first kappa shape index (κ1) is 20.7. The van der Waals surface area contributed by atoms with Crippen LogP contribution in [0.2, 0.25) is 0 Å². The fourth-order valence-electron chi connectivity index (χ4n) is 3.96. The number of hydrogen-bond donors (Lipinski definition) is 1. The van der Waals surface area contributed by atoms with Crippen LogP contribution >= 0.6 is 15.9 Å². The first-order chi connectivity index (χ1) is 12.9.